The van der Waals surface area contributed by atoms with Gasteiger partial charge in [0.2, 0.25) is 0 Å². The van der Waals surface area contributed by atoms with E-state index < -0.39 is 40.7 Å². The first kappa shape index (κ1) is 37.7. The van der Waals surface area contributed by atoms with Gasteiger partial charge in [-0.3, -0.25) is 14.7 Å². The molecular weight excluding hydrogens is 528 g/mol. The van der Waals surface area contributed by atoms with Gasteiger partial charge in [0, 0.05) is 0 Å². The number of hydrogen-bond donors (Lipinski definition) is 0. The molecule has 0 saturated heterocycles. The number of ether oxygens (including phenoxy) is 3. The van der Waals surface area contributed by atoms with Crippen LogP contribution >= 0.6 is 0 Å². The van der Waals surface area contributed by atoms with Gasteiger partial charge in [0.25, 0.3) is 0 Å². The third-order valence-electron chi connectivity index (χ3n) is 6.85. The van der Waals surface area contributed by atoms with E-state index in [0.29, 0.717) is 25.7 Å². The Balaban J connectivity index is 6.36. The van der Waals surface area contributed by atoms with E-state index in [0.717, 1.165) is 19.3 Å². The summed E-state index contributed by atoms with van der Waals surface area (Å²) >= 11 is 0. The zero-order valence-electron chi connectivity index (χ0n) is 26.2. The van der Waals surface area contributed by atoms with E-state index in [9.17, 15) is 14.4 Å². The number of hydrogen-bond acceptors (Lipinski definition) is 12. The van der Waals surface area contributed by atoms with Crippen LogP contribution in [0.15, 0.2) is 0 Å². The Hall–Kier alpha value is -2.31. The first-order valence-electron chi connectivity index (χ1n) is 14.2. The fraction of sp³-hybridized carbons (Fsp3) is 0.893. The summed E-state index contributed by atoms with van der Waals surface area (Å²) in [4.78, 5) is 67.5. The molecule has 0 amide bonds. The average molecular weight is 581 g/mol. The first-order chi connectivity index (χ1) is 18.7. The Morgan fingerprint density at radius 3 is 0.975 bits per heavy atom. The molecule has 0 rings (SSSR count). The Morgan fingerprint density at radius 2 is 0.750 bits per heavy atom. The molecule has 0 heterocycles. The number of carbonyl (C=O) groups excluding carboxylic acids is 3. The molecule has 0 radical (unpaired) electrons. The van der Waals surface area contributed by atoms with Crippen molar-refractivity contribution in [3.63, 3.8) is 0 Å². The molecule has 0 bridgehead atoms. The maximum absolute atomic E-state index is 12.7. The maximum Gasteiger partial charge on any atom is 0.541 e. The Labute approximate surface area is 239 Å². The van der Waals surface area contributed by atoms with Crippen LogP contribution in [0, 0.1) is 5.41 Å². The predicted molar refractivity (Wildman–Crippen MR) is 145 cm³/mol. The molecule has 0 aromatic rings. The van der Waals surface area contributed by atoms with Gasteiger partial charge in [-0.25, -0.2) is 14.4 Å². The van der Waals surface area contributed by atoms with Crippen LogP contribution in [0.25, 0.3) is 0 Å². The van der Waals surface area contributed by atoms with Gasteiger partial charge in [-0.05, 0) is 67.2 Å². The lowest BCUT2D eigenvalue weighted by molar-refractivity contribution is -0.313. The van der Waals surface area contributed by atoms with Gasteiger partial charge >= 0.3 is 18.5 Å². The average Bonchev–Trinajstić information content (AvgIpc) is 2.84. The second-order valence-electron chi connectivity index (χ2n) is 11.0. The van der Waals surface area contributed by atoms with Gasteiger partial charge < -0.3 is 14.2 Å². The molecule has 0 spiro atoms. The van der Waals surface area contributed by atoms with Gasteiger partial charge in [0.1, 0.15) is 16.8 Å². The van der Waals surface area contributed by atoms with Crippen molar-refractivity contribution in [2.24, 2.45) is 5.41 Å². The van der Waals surface area contributed by atoms with Gasteiger partial charge in [0.05, 0.1) is 25.2 Å². The van der Waals surface area contributed by atoms with E-state index in [2.05, 4.69) is 0 Å². The van der Waals surface area contributed by atoms with Crippen molar-refractivity contribution in [2.45, 2.75) is 137 Å². The molecule has 40 heavy (non-hydrogen) atoms. The van der Waals surface area contributed by atoms with Gasteiger partial charge in [0.15, 0.2) is 0 Å². The minimum absolute atomic E-state index is 0.198. The smallest absolute Gasteiger partial charge is 0.425 e. The third-order valence-corrected chi connectivity index (χ3v) is 6.85. The lowest BCUT2D eigenvalue weighted by atomic mass is 9.53. The van der Waals surface area contributed by atoms with Crippen molar-refractivity contribution < 1.29 is 57.9 Å². The van der Waals surface area contributed by atoms with E-state index in [4.69, 9.17) is 43.5 Å². The number of rotatable bonds is 20. The minimum Gasteiger partial charge on any atom is -0.425 e. The van der Waals surface area contributed by atoms with Gasteiger partial charge in [-0.1, -0.05) is 53.4 Å². The summed E-state index contributed by atoms with van der Waals surface area (Å²) in [6, 6.07) is 0. The molecule has 0 N–H and O–H groups in total. The normalized spacial score (nSPS) is 12.4. The minimum atomic E-state index is -1.49. The fourth-order valence-corrected chi connectivity index (χ4v) is 5.27. The molecule has 0 aliphatic rings. The lowest BCUT2D eigenvalue weighted by Gasteiger charge is -2.59. The molecule has 0 unspecified atom stereocenters. The van der Waals surface area contributed by atoms with Crippen LogP contribution in [-0.2, 0) is 43.5 Å². The number of carbonyl (C=O) groups is 3. The molecule has 0 atom stereocenters. The second kappa shape index (κ2) is 18.2. The molecule has 0 aliphatic heterocycles. The van der Waals surface area contributed by atoms with Crippen molar-refractivity contribution >= 4 is 18.5 Å². The first-order valence-corrected chi connectivity index (χ1v) is 14.2. The molecule has 0 saturated carbocycles. The van der Waals surface area contributed by atoms with Crippen LogP contribution in [-0.4, -0.2) is 55.1 Å². The highest BCUT2D eigenvalue weighted by Gasteiger charge is 2.68. The second-order valence-corrected chi connectivity index (χ2v) is 11.0. The van der Waals surface area contributed by atoms with Crippen LogP contribution in [0.2, 0.25) is 0 Å². The van der Waals surface area contributed by atoms with Crippen LogP contribution in [0.1, 0.15) is 121 Å². The van der Waals surface area contributed by atoms with Crippen LogP contribution in [0.5, 0.6) is 0 Å². The number of unbranched alkanes of at least 4 members (excludes halogenated alkanes) is 3. The lowest BCUT2D eigenvalue weighted by Crippen LogP contribution is -2.70. The van der Waals surface area contributed by atoms with Gasteiger partial charge in [-0.15, -0.1) is 0 Å². The quantitative estimate of drug-likeness (QED) is 0.0457. The van der Waals surface area contributed by atoms with Crippen molar-refractivity contribution in [1.82, 2.24) is 0 Å². The summed E-state index contributed by atoms with van der Waals surface area (Å²) in [6.45, 7) is 18.0. The van der Waals surface area contributed by atoms with E-state index in [-0.39, 0.29) is 26.2 Å². The largest absolute Gasteiger partial charge is 0.541 e. The molecular formula is C28H52O12. The molecule has 12 nitrogen and oxygen atoms in total. The summed E-state index contributed by atoms with van der Waals surface area (Å²) in [6.07, 6.45) is 2.02. The topological polar surface area (TPSA) is 134 Å². The summed E-state index contributed by atoms with van der Waals surface area (Å²) in [5.41, 5.74) is -5.90. The standard InChI is InChI=1S/C28H52O12/c1-11-15-19-32-38-22(29)35-25(5,6)28(18-14-4,26(7,8)36-23(30)39-33-20-16-12-2)27(9,10)37-24(31)40-34-21-17-13-3/h11-21H2,1-10H3. The maximum atomic E-state index is 12.7. The van der Waals surface area contributed by atoms with E-state index in [1.54, 1.807) is 41.5 Å². The summed E-state index contributed by atoms with van der Waals surface area (Å²) in [5.74, 6) is 0. The molecule has 0 fully saturated rings. The van der Waals surface area contributed by atoms with E-state index >= 15 is 0 Å². The monoisotopic (exact) mass is 580 g/mol. The highest BCUT2D eigenvalue weighted by atomic mass is 17.2. The van der Waals surface area contributed by atoms with Crippen LogP contribution in [0.3, 0.4) is 0 Å². The Kier molecular flexibility index (Phi) is 17.1. The van der Waals surface area contributed by atoms with E-state index in [1.807, 2.05) is 27.7 Å². The summed E-state index contributed by atoms with van der Waals surface area (Å²) < 4.78 is 17.4. The van der Waals surface area contributed by atoms with Crippen molar-refractivity contribution in [2.75, 3.05) is 19.8 Å². The summed E-state index contributed by atoms with van der Waals surface area (Å²) in [5, 5.41) is 0. The predicted octanol–water partition coefficient (Wildman–Crippen LogP) is 7.76. The third kappa shape index (κ3) is 11.3. The zero-order valence-corrected chi connectivity index (χ0v) is 26.2. The Morgan fingerprint density at radius 1 is 0.475 bits per heavy atom. The van der Waals surface area contributed by atoms with Crippen LogP contribution in [0.4, 0.5) is 14.4 Å². The van der Waals surface area contributed by atoms with Crippen molar-refractivity contribution in [1.29, 1.82) is 0 Å². The zero-order chi connectivity index (χ0) is 30.9. The molecule has 12 heteroatoms. The van der Waals surface area contributed by atoms with Crippen molar-refractivity contribution in [3.8, 4) is 0 Å². The van der Waals surface area contributed by atoms with E-state index in [1.165, 1.54) is 0 Å². The SMILES string of the molecule is CCCCOOC(=O)OC(C)(C)C(CCC)(C(C)(C)OC(=O)OOCCCC)C(C)(C)OC(=O)OOCCCC. The van der Waals surface area contributed by atoms with Gasteiger partial charge in [-0.2, -0.15) is 14.7 Å². The summed E-state index contributed by atoms with van der Waals surface area (Å²) in [7, 11) is 0. The highest BCUT2D eigenvalue weighted by molar-refractivity contribution is 5.62. The fourth-order valence-electron chi connectivity index (χ4n) is 5.27. The molecule has 0 aromatic carbocycles. The molecule has 0 aliphatic carbocycles. The molecule has 0 aromatic heterocycles. The van der Waals surface area contributed by atoms with Crippen molar-refractivity contribution in [3.05, 3.63) is 0 Å². The molecule has 236 valence electrons. The highest BCUT2D eigenvalue weighted by Crippen LogP contribution is 2.57. The van der Waals surface area contributed by atoms with Crippen LogP contribution < -0.4 is 0 Å². The Bertz CT molecular complexity index is 654.